The third-order valence-corrected chi connectivity index (χ3v) is 7.49. The monoisotopic (exact) mass is 453 g/mol. The van der Waals surface area contributed by atoms with Crippen LogP contribution in [0.2, 0.25) is 0 Å². The second kappa shape index (κ2) is 10.1. The molecular formula is C20H27N3O5S2. The van der Waals surface area contributed by atoms with E-state index in [9.17, 15) is 21.6 Å². The molecule has 0 saturated carbocycles. The summed E-state index contributed by atoms with van der Waals surface area (Å²) in [4.78, 5) is 11.2. The van der Waals surface area contributed by atoms with E-state index >= 15 is 0 Å². The van der Waals surface area contributed by atoms with Crippen LogP contribution < -0.4 is 10.0 Å². The van der Waals surface area contributed by atoms with Gasteiger partial charge >= 0.3 is 0 Å². The molecule has 2 aromatic carbocycles. The zero-order valence-corrected chi connectivity index (χ0v) is 18.9. The van der Waals surface area contributed by atoms with Crippen molar-refractivity contribution >= 4 is 37.3 Å². The first kappa shape index (κ1) is 23.8. The van der Waals surface area contributed by atoms with Crippen molar-refractivity contribution in [2.24, 2.45) is 0 Å². The van der Waals surface area contributed by atoms with Crippen molar-refractivity contribution in [1.29, 1.82) is 0 Å². The lowest BCUT2D eigenvalue weighted by molar-refractivity contribution is -0.114. The van der Waals surface area contributed by atoms with E-state index in [2.05, 4.69) is 10.0 Å². The van der Waals surface area contributed by atoms with Gasteiger partial charge in [-0.05, 0) is 61.4 Å². The molecule has 0 spiro atoms. The van der Waals surface area contributed by atoms with Crippen molar-refractivity contribution in [2.45, 2.75) is 43.4 Å². The molecule has 164 valence electrons. The van der Waals surface area contributed by atoms with Gasteiger partial charge in [0, 0.05) is 31.4 Å². The molecule has 0 aliphatic rings. The minimum absolute atomic E-state index is 0.0189. The van der Waals surface area contributed by atoms with Crippen LogP contribution in [0.5, 0.6) is 0 Å². The van der Waals surface area contributed by atoms with Gasteiger partial charge in [-0.1, -0.05) is 13.8 Å². The van der Waals surface area contributed by atoms with Crippen LogP contribution in [0.3, 0.4) is 0 Å². The Balaban J connectivity index is 2.19. The maximum Gasteiger partial charge on any atom is 0.261 e. The molecule has 0 saturated heterocycles. The van der Waals surface area contributed by atoms with Crippen LogP contribution in [-0.2, 0) is 24.8 Å². The zero-order valence-electron chi connectivity index (χ0n) is 17.3. The van der Waals surface area contributed by atoms with Crippen molar-refractivity contribution in [3.63, 3.8) is 0 Å². The summed E-state index contributed by atoms with van der Waals surface area (Å²) in [5.74, 6) is -0.254. The number of carbonyl (C=O) groups excluding carboxylic acids is 1. The van der Waals surface area contributed by atoms with Crippen molar-refractivity contribution in [2.75, 3.05) is 23.1 Å². The highest BCUT2D eigenvalue weighted by molar-refractivity contribution is 7.92. The van der Waals surface area contributed by atoms with Gasteiger partial charge in [0.2, 0.25) is 15.9 Å². The van der Waals surface area contributed by atoms with Crippen LogP contribution in [0.1, 0.15) is 33.6 Å². The maximum absolute atomic E-state index is 12.8. The molecule has 2 aromatic rings. The van der Waals surface area contributed by atoms with Gasteiger partial charge < -0.3 is 5.32 Å². The van der Waals surface area contributed by atoms with Gasteiger partial charge in [-0.25, -0.2) is 16.8 Å². The van der Waals surface area contributed by atoms with Crippen LogP contribution >= 0.6 is 0 Å². The van der Waals surface area contributed by atoms with E-state index in [1.165, 1.54) is 59.8 Å². The number of carbonyl (C=O) groups is 1. The van der Waals surface area contributed by atoms with E-state index in [4.69, 9.17) is 0 Å². The molecule has 0 bridgehead atoms. The Morgan fingerprint density at radius 2 is 1.27 bits per heavy atom. The third-order valence-electron chi connectivity index (χ3n) is 4.18. The average Bonchev–Trinajstić information content (AvgIpc) is 2.68. The molecule has 0 aromatic heterocycles. The summed E-state index contributed by atoms with van der Waals surface area (Å²) in [5, 5.41) is 2.57. The van der Waals surface area contributed by atoms with E-state index in [0.717, 1.165) is 0 Å². The molecule has 0 heterocycles. The molecule has 0 atom stereocenters. The Hall–Kier alpha value is -2.43. The van der Waals surface area contributed by atoms with Gasteiger partial charge in [-0.15, -0.1) is 0 Å². The maximum atomic E-state index is 12.8. The highest BCUT2D eigenvalue weighted by Gasteiger charge is 2.23. The fraction of sp³-hybridized carbons (Fsp3) is 0.350. The summed E-state index contributed by atoms with van der Waals surface area (Å²) in [6, 6.07) is 11.4. The van der Waals surface area contributed by atoms with E-state index in [0.29, 0.717) is 31.6 Å². The largest absolute Gasteiger partial charge is 0.326 e. The molecule has 0 aliphatic carbocycles. The van der Waals surface area contributed by atoms with E-state index in [1.54, 1.807) is 0 Å². The van der Waals surface area contributed by atoms with Crippen LogP contribution in [0.25, 0.3) is 0 Å². The van der Waals surface area contributed by atoms with Crippen molar-refractivity contribution in [3.05, 3.63) is 48.5 Å². The molecule has 0 unspecified atom stereocenters. The number of hydrogen-bond donors (Lipinski definition) is 2. The average molecular weight is 454 g/mol. The van der Waals surface area contributed by atoms with Crippen molar-refractivity contribution < 1.29 is 21.6 Å². The Morgan fingerprint density at radius 1 is 0.800 bits per heavy atom. The quantitative estimate of drug-likeness (QED) is 0.573. The molecule has 8 nitrogen and oxygen atoms in total. The van der Waals surface area contributed by atoms with Gasteiger partial charge in [-0.2, -0.15) is 4.31 Å². The number of amides is 1. The third kappa shape index (κ3) is 6.04. The first-order valence-corrected chi connectivity index (χ1v) is 12.5. The molecule has 2 rings (SSSR count). The minimum Gasteiger partial charge on any atom is -0.326 e. The van der Waals surface area contributed by atoms with E-state index < -0.39 is 20.0 Å². The predicted octanol–water partition coefficient (Wildman–Crippen LogP) is 3.26. The Labute approximate surface area is 178 Å². The normalized spacial score (nSPS) is 12.0. The number of rotatable bonds is 10. The summed E-state index contributed by atoms with van der Waals surface area (Å²) in [6.07, 6.45) is 1.41. The first-order valence-electron chi connectivity index (χ1n) is 9.61. The van der Waals surface area contributed by atoms with Gasteiger partial charge in [0.1, 0.15) is 0 Å². The van der Waals surface area contributed by atoms with E-state index in [1.807, 2.05) is 13.8 Å². The molecular weight excluding hydrogens is 426 g/mol. The van der Waals surface area contributed by atoms with Crippen LogP contribution in [-0.4, -0.2) is 40.1 Å². The second-order valence-electron chi connectivity index (χ2n) is 6.74. The van der Waals surface area contributed by atoms with Gasteiger partial charge in [0.15, 0.2) is 0 Å². The molecule has 10 heteroatoms. The lowest BCUT2D eigenvalue weighted by Crippen LogP contribution is -2.32. The lowest BCUT2D eigenvalue weighted by atomic mass is 10.3. The summed E-state index contributed by atoms with van der Waals surface area (Å²) < 4.78 is 54.6. The summed E-state index contributed by atoms with van der Waals surface area (Å²) in [5.41, 5.74) is 0.733. The highest BCUT2D eigenvalue weighted by Crippen LogP contribution is 2.22. The molecule has 30 heavy (non-hydrogen) atoms. The molecule has 0 fully saturated rings. The SMILES string of the molecule is CCCN(CCC)S(=O)(=O)c1ccc(NS(=O)(=O)c2ccc(NC(C)=O)cc2)cc1. The molecule has 0 radical (unpaired) electrons. The highest BCUT2D eigenvalue weighted by atomic mass is 32.2. The topological polar surface area (TPSA) is 113 Å². The number of anilines is 2. The molecule has 0 aliphatic heterocycles. The summed E-state index contributed by atoms with van der Waals surface area (Å²) >= 11 is 0. The number of nitrogens with one attached hydrogen (secondary N) is 2. The van der Waals surface area contributed by atoms with Crippen molar-refractivity contribution in [3.8, 4) is 0 Å². The lowest BCUT2D eigenvalue weighted by Gasteiger charge is -2.21. The van der Waals surface area contributed by atoms with Crippen molar-refractivity contribution in [1.82, 2.24) is 4.31 Å². The van der Waals surface area contributed by atoms with Crippen LogP contribution in [0.4, 0.5) is 11.4 Å². The first-order chi connectivity index (χ1) is 14.1. The Bertz CT molecular complexity index is 1060. The standard InChI is InChI=1S/C20H27N3O5S2/c1-4-14-23(15-5-2)30(27,28)20-12-8-18(9-13-20)22-29(25,26)19-10-6-17(7-11-19)21-16(3)24/h6-13,22H,4-5,14-15H2,1-3H3,(H,21,24). The minimum atomic E-state index is -3.86. The van der Waals surface area contributed by atoms with Gasteiger partial charge in [-0.3, -0.25) is 9.52 Å². The smallest absolute Gasteiger partial charge is 0.261 e. The fourth-order valence-corrected chi connectivity index (χ4v) is 5.51. The molecule has 1 amide bonds. The predicted molar refractivity (Wildman–Crippen MR) is 117 cm³/mol. The van der Waals surface area contributed by atoms with Crippen LogP contribution in [0.15, 0.2) is 58.3 Å². The number of benzene rings is 2. The van der Waals surface area contributed by atoms with Crippen LogP contribution in [0, 0.1) is 0 Å². The second-order valence-corrected chi connectivity index (χ2v) is 10.4. The summed E-state index contributed by atoms with van der Waals surface area (Å²) in [6.45, 7) is 6.05. The Morgan fingerprint density at radius 3 is 1.73 bits per heavy atom. The Kier molecular flexibility index (Phi) is 7.99. The van der Waals surface area contributed by atoms with Gasteiger partial charge in [0.05, 0.1) is 9.79 Å². The van der Waals surface area contributed by atoms with Gasteiger partial charge in [0.25, 0.3) is 10.0 Å². The summed E-state index contributed by atoms with van der Waals surface area (Å²) in [7, 11) is -7.49. The number of nitrogens with zero attached hydrogens (tertiary/aromatic N) is 1. The fourth-order valence-electron chi connectivity index (χ4n) is 2.83. The number of sulfonamides is 2. The van der Waals surface area contributed by atoms with E-state index in [-0.39, 0.29) is 21.4 Å². The molecule has 2 N–H and O–H groups in total. The zero-order chi connectivity index (χ0) is 22.4. The number of hydrogen-bond acceptors (Lipinski definition) is 5.